The Morgan fingerprint density at radius 3 is 2.00 bits per heavy atom. The quantitative estimate of drug-likeness (QED) is 0.458. The molecule has 0 aromatic carbocycles. The van der Waals surface area contributed by atoms with Crippen molar-refractivity contribution in [2.75, 3.05) is 46.2 Å². The zero-order chi connectivity index (χ0) is 11.4. The highest BCUT2D eigenvalue weighted by molar-refractivity contribution is 5.67. The second kappa shape index (κ2) is 11.4. The van der Waals surface area contributed by atoms with E-state index in [1.165, 1.54) is 0 Å². The third-order valence-electron chi connectivity index (χ3n) is 1.42. The Bertz CT molecular complexity index is 150. The summed E-state index contributed by atoms with van der Waals surface area (Å²) in [4.78, 5) is 10.0. The number of carboxylic acid groups (broad SMARTS) is 1. The van der Waals surface area contributed by atoms with Gasteiger partial charge in [0.15, 0.2) is 0 Å². The van der Waals surface area contributed by atoms with Crippen LogP contribution >= 0.6 is 0 Å². The van der Waals surface area contributed by atoms with Crippen molar-refractivity contribution in [2.45, 2.75) is 6.42 Å². The van der Waals surface area contributed by atoms with Gasteiger partial charge in [-0.2, -0.15) is 0 Å². The van der Waals surface area contributed by atoms with Crippen LogP contribution in [0.1, 0.15) is 6.42 Å². The molecule has 0 fully saturated rings. The van der Waals surface area contributed by atoms with Gasteiger partial charge >= 0.3 is 5.97 Å². The normalized spacial score (nSPS) is 10.5. The van der Waals surface area contributed by atoms with E-state index >= 15 is 0 Å². The van der Waals surface area contributed by atoms with Gasteiger partial charge in [-0.3, -0.25) is 0 Å². The van der Waals surface area contributed by atoms with Crippen molar-refractivity contribution < 1.29 is 29.2 Å². The fraction of sp³-hybridized carbons (Fsp3) is 0.889. The maximum atomic E-state index is 10.0. The van der Waals surface area contributed by atoms with Crippen LogP contribution in [-0.2, 0) is 19.0 Å². The molecule has 0 spiro atoms. The molecule has 0 aliphatic rings. The molecule has 0 saturated heterocycles. The van der Waals surface area contributed by atoms with Gasteiger partial charge in [0.05, 0.1) is 26.4 Å². The monoisotopic (exact) mass is 222 g/mol. The molecule has 90 valence electrons. The largest absolute Gasteiger partial charge is 0.480 e. The van der Waals surface area contributed by atoms with Crippen LogP contribution in [0.4, 0.5) is 0 Å². The van der Waals surface area contributed by atoms with E-state index in [2.05, 4.69) is 0 Å². The van der Waals surface area contributed by atoms with E-state index in [9.17, 15) is 4.79 Å². The fourth-order valence-corrected chi connectivity index (χ4v) is 0.766. The Labute approximate surface area is 88.7 Å². The lowest BCUT2D eigenvalue weighted by Crippen LogP contribution is -2.13. The summed E-state index contributed by atoms with van der Waals surface area (Å²) in [5, 5.41) is 16.7. The van der Waals surface area contributed by atoms with Gasteiger partial charge in [0, 0.05) is 13.2 Å². The lowest BCUT2D eigenvalue weighted by molar-refractivity contribution is -0.142. The summed E-state index contributed by atoms with van der Waals surface area (Å²) in [6.45, 7) is 1.90. The van der Waals surface area contributed by atoms with Gasteiger partial charge in [-0.1, -0.05) is 0 Å². The summed E-state index contributed by atoms with van der Waals surface area (Å²) in [5.41, 5.74) is 0. The zero-order valence-electron chi connectivity index (χ0n) is 8.68. The molecule has 6 heteroatoms. The number of rotatable bonds is 11. The molecule has 0 aliphatic heterocycles. The maximum absolute atomic E-state index is 10.0. The van der Waals surface area contributed by atoms with Crippen LogP contribution in [-0.4, -0.2) is 62.4 Å². The minimum atomic E-state index is -0.984. The van der Waals surface area contributed by atoms with Crippen LogP contribution < -0.4 is 0 Å². The molecule has 0 saturated carbocycles. The lowest BCUT2D eigenvalue weighted by Gasteiger charge is -2.05. The first-order chi connectivity index (χ1) is 7.27. The van der Waals surface area contributed by atoms with E-state index in [1.54, 1.807) is 0 Å². The number of hydrogen-bond acceptors (Lipinski definition) is 5. The zero-order valence-corrected chi connectivity index (χ0v) is 8.68. The Balaban J connectivity index is 2.89. The van der Waals surface area contributed by atoms with Crippen LogP contribution in [0.5, 0.6) is 0 Å². The molecule has 0 radical (unpaired) electrons. The Kier molecular flexibility index (Phi) is 10.9. The van der Waals surface area contributed by atoms with E-state index in [0.717, 1.165) is 0 Å². The highest BCUT2D eigenvalue weighted by atomic mass is 16.5. The summed E-state index contributed by atoms with van der Waals surface area (Å²) < 4.78 is 14.9. The van der Waals surface area contributed by atoms with Crippen molar-refractivity contribution in [3.8, 4) is 0 Å². The number of aliphatic carboxylic acids is 1. The molecule has 0 heterocycles. The highest BCUT2D eigenvalue weighted by Gasteiger charge is 1.95. The fourth-order valence-electron chi connectivity index (χ4n) is 0.766. The molecule has 0 amide bonds. The van der Waals surface area contributed by atoms with Crippen molar-refractivity contribution >= 4 is 5.97 Å². The predicted molar refractivity (Wildman–Crippen MR) is 51.8 cm³/mol. The topological polar surface area (TPSA) is 85.2 Å². The maximum Gasteiger partial charge on any atom is 0.329 e. The van der Waals surface area contributed by atoms with E-state index in [1.807, 2.05) is 0 Å². The van der Waals surface area contributed by atoms with Gasteiger partial charge in [-0.25, -0.2) is 4.79 Å². The van der Waals surface area contributed by atoms with Crippen LogP contribution in [0.25, 0.3) is 0 Å². The Morgan fingerprint density at radius 2 is 1.47 bits per heavy atom. The Hall–Kier alpha value is -0.690. The summed E-state index contributed by atoms with van der Waals surface area (Å²) in [6.07, 6.45) is 0.627. The van der Waals surface area contributed by atoms with Crippen molar-refractivity contribution in [3.05, 3.63) is 0 Å². The van der Waals surface area contributed by atoms with E-state index in [4.69, 9.17) is 24.4 Å². The average Bonchev–Trinajstić information content (AvgIpc) is 2.20. The molecular weight excluding hydrogens is 204 g/mol. The Morgan fingerprint density at radius 1 is 0.933 bits per heavy atom. The molecule has 0 aromatic heterocycles. The van der Waals surface area contributed by atoms with Gasteiger partial charge in [0.1, 0.15) is 6.61 Å². The van der Waals surface area contributed by atoms with Gasteiger partial charge in [-0.15, -0.1) is 0 Å². The first kappa shape index (κ1) is 14.3. The number of carbonyl (C=O) groups is 1. The summed E-state index contributed by atoms with van der Waals surface area (Å²) in [7, 11) is 0. The summed E-state index contributed by atoms with van der Waals surface area (Å²) in [6, 6.07) is 0. The van der Waals surface area contributed by atoms with Crippen molar-refractivity contribution in [3.63, 3.8) is 0 Å². The average molecular weight is 222 g/mol. The molecule has 0 unspecified atom stereocenters. The van der Waals surface area contributed by atoms with E-state index in [-0.39, 0.29) is 19.8 Å². The predicted octanol–water partition coefficient (Wildman–Crippen LogP) is -0.497. The number of ether oxygens (including phenoxy) is 3. The van der Waals surface area contributed by atoms with Crippen molar-refractivity contribution in [1.29, 1.82) is 0 Å². The molecule has 0 bridgehead atoms. The molecule has 2 N–H and O–H groups in total. The minimum Gasteiger partial charge on any atom is -0.480 e. The molecule has 0 aliphatic carbocycles. The number of hydrogen-bond donors (Lipinski definition) is 2. The smallest absolute Gasteiger partial charge is 0.329 e. The van der Waals surface area contributed by atoms with Gasteiger partial charge in [0.2, 0.25) is 0 Å². The first-order valence-corrected chi connectivity index (χ1v) is 4.83. The standard InChI is InChI=1S/C9H18O6/c10-2-1-3-13-4-5-14-6-7-15-8-9(11)12/h10H,1-8H2,(H,11,12). The SMILES string of the molecule is O=C(O)COCCOCCOCCCO. The van der Waals surface area contributed by atoms with Crippen LogP contribution in [0.2, 0.25) is 0 Å². The second-order valence-corrected chi connectivity index (χ2v) is 2.75. The van der Waals surface area contributed by atoms with Crippen LogP contribution in [0.15, 0.2) is 0 Å². The van der Waals surface area contributed by atoms with Crippen molar-refractivity contribution in [1.82, 2.24) is 0 Å². The van der Waals surface area contributed by atoms with Gasteiger partial charge in [-0.05, 0) is 6.42 Å². The van der Waals surface area contributed by atoms with Crippen LogP contribution in [0.3, 0.4) is 0 Å². The van der Waals surface area contributed by atoms with E-state index < -0.39 is 5.97 Å². The third-order valence-corrected chi connectivity index (χ3v) is 1.42. The molecule has 0 rings (SSSR count). The molecule has 6 nitrogen and oxygen atoms in total. The lowest BCUT2D eigenvalue weighted by atomic mass is 10.5. The summed E-state index contributed by atoms with van der Waals surface area (Å²) >= 11 is 0. The van der Waals surface area contributed by atoms with Gasteiger partial charge < -0.3 is 24.4 Å². The number of carboxylic acids is 1. The van der Waals surface area contributed by atoms with Crippen molar-refractivity contribution in [2.24, 2.45) is 0 Å². The highest BCUT2D eigenvalue weighted by Crippen LogP contribution is 1.83. The molecule has 0 atom stereocenters. The summed E-state index contributed by atoms with van der Waals surface area (Å²) in [5.74, 6) is -0.984. The molecule has 0 aromatic rings. The van der Waals surface area contributed by atoms with Gasteiger partial charge in [0.25, 0.3) is 0 Å². The number of aliphatic hydroxyl groups excluding tert-OH is 1. The third kappa shape index (κ3) is 13.3. The number of aliphatic hydroxyl groups is 1. The second-order valence-electron chi connectivity index (χ2n) is 2.75. The minimum absolute atomic E-state index is 0.129. The molecule has 15 heavy (non-hydrogen) atoms. The molecular formula is C9H18O6. The van der Waals surface area contributed by atoms with Crippen LogP contribution in [0, 0.1) is 0 Å². The van der Waals surface area contributed by atoms with E-state index in [0.29, 0.717) is 32.8 Å². The first-order valence-electron chi connectivity index (χ1n) is 4.83.